The fourth-order valence-corrected chi connectivity index (χ4v) is 2.87. The summed E-state index contributed by atoms with van der Waals surface area (Å²) in [6.07, 6.45) is 3.91. The molecular weight excluding hydrogens is 238 g/mol. The third-order valence-corrected chi connectivity index (χ3v) is 4.19. The van der Waals surface area contributed by atoms with Gasteiger partial charge >= 0.3 is 0 Å². The fourth-order valence-electron chi connectivity index (χ4n) is 2.87. The maximum absolute atomic E-state index is 5.35. The summed E-state index contributed by atoms with van der Waals surface area (Å²) in [6, 6.07) is 6.60. The molecule has 106 valence electrons. The number of benzene rings is 1. The van der Waals surface area contributed by atoms with E-state index in [1.54, 1.807) is 14.2 Å². The molecule has 1 aliphatic carbocycles. The molecule has 3 heteroatoms. The van der Waals surface area contributed by atoms with Gasteiger partial charge in [0.1, 0.15) is 0 Å². The SMILES string of the molecule is COc1ccc(NC2CC(C)CCC2C)cc1OC. The van der Waals surface area contributed by atoms with Crippen molar-refractivity contribution in [2.24, 2.45) is 11.8 Å². The van der Waals surface area contributed by atoms with Crippen LogP contribution in [0.4, 0.5) is 5.69 Å². The molecule has 1 aliphatic rings. The summed E-state index contributed by atoms with van der Waals surface area (Å²) in [5.41, 5.74) is 1.11. The zero-order valence-corrected chi connectivity index (χ0v) is 12.4. The van der Waals surface area contributed by atoms with Crippen molar-refractivity contribution in [3.8, 4) is 11.5 Å². The lowest BCUT2D eigenvalue weighted by Gasteiger charge is -2.34. The normalized spacial score (nSPS) is 26.8. The highest BCUT2D eigenvalue weighted by Crippen LogP contribution is 2.34. The van der Waals surface area contributed by atoms with Crippen molar-refractivity contribution in [3.05, 3.63) is 18.2 Å². The molecule has 3 atom stereocenters. The number of ether oxygens (including phenoxy) is 2. The third kappa shape index (κ3) is 3.34. The zero-order chi connectivity index (χ0) is 13.8. The lowest BCUT2D eigenvalue weighted by Crippen LogP contribution is -2.33. The minimum Gasteiger partial charge on any atom is -0.493 e. The maximum atomic E-state index is 5.35. The van der Waals surface area contributed by atoms with Crippen molar-refractivity contribution < 1.29 is 9.47 Å². The predicted molar refractivity (Wildman–Crippen MR) is 79.1 cm³/mol. The molecule has 0 aromatic heterocycles. The van der Waals surface area contributed by atoms with Crippen LogP contribution in [0.25, 0.3) is 0 Å². The Morgan fingerprint density at radius 3 is 2.47 bits per heavy atom. The van der Waals surface area contributed by atoms with E-state index in [1.807, 2.05) is 12.1 Å². The molecule has 2 rings (SSSR count). The second-order valence-electron chi connectivity index (χ2n) is 5.72. The first kappa shape index (κ1) is 14.0. The Kier molecular flexibility index (Phi) is 4.56. The van der Waals surface area contributed by atoms with E-state index in [2.05, 4.69) is 25.2 Å². The van der Waals surface area contributed by atoms with Crippen molar-refractivity contribution in [1.29, 1.82) is 0 Å². The number of rotatable bonds is 4. The van der Waals surface area contributed by atoms with Gasteiger partial charge in [-0.15, -0.1) is 0 Å². The van der Waals surface area contributed by atoms with Crippen LogP contribution in [0.1, 0.15) is 33.1 Å². The Balaban J connectivity index is 2.09. The molecule has 0 bridgehead atoms. The average Bonchev–Trinajstić information content (AvgIpc) is 2.42. The molecule has 1 fully saturated rings. The number of hydrogen-bond donors (Lipinski definition) is 1. The van der Waals surface area contributed by atoms with Crippen LogP contribution < -0.4 is 14.8 Å². The van der Waals surface area contributed by atoms with Gasteiger partial charge < -0.3 is 14.8 Å². The molecule has 1 N–H and O–H groups in total. The standard InChI is InChI=1S/C16H25NO2/c1-11-5-6-12(2)14(9-11)17-13-7-8-15(18-3)16(10-13)19-4/h7-8,10-12,14,17H,5-6,9H2,1-4H3. The van der Waals surface area contributed by atoms with Crippen molar-refractivity contribution in [2.75, 3.05) is 19.5 Å². The van der Waals surface area contributed by atoms with Gasteiger partial charge in [-0.05, 0) is 36.8 Å². The topological polar surface area (TPSA) is 30.5 Å². The molecule has 0 heterocycles. The molecular formula is C16H25NO2. The Morgan fingerprint density at radius 2 is 1.79 bits per heavy atom. The van der Waals surface area contributed by atoms with E-state index in [1.165, 1.54) is 19.3 Å². The Morgan fingerprint density at radius 1 is 1.05 bits per heavy atom. The maximum Gasteiger partial charge on any atom is 0.162 e. The predicted octanol–water partition coefficient (Wildman–Crippen LogP) is 3.94. The summed E-state index contributed by atoms with van der Waals surface area (Å²) < 4.78 is 10.6. The molecule has 0 radical (unpaired) electrons. The van der Waals surface area contributed by atoms with Gasteiger partial charge in [-0.3, -0.25) is 0 Å². The Labute approximate surface area is 116 Å². The lowest BCUT2D eigenvalue weighted by molar-refractivity contribution is 0.280. The highest BCUT2D eigenvalue weighted by molar-refractivity contribution is 5.55. The van der Waals surface area contributed by atoms with Gasteiger partial charge in [0.05, 0.1) is 14.2 Å². The first-order valence-electron chi connectivity index (χ1n) is 7.12. The summed E-state index contributed by atoms with van der Waals surface area (Å²) in [7, 11) is 3.34. The summed E-state index contributed by atoms with van der Waals surface area (Å²) in [6.45, 7) is 4.68. The van der Waals surface area contributed by atoms with E-state index in [0.717, 1.165) is 29.0 Å². The zero-order valence-electron chi connectivity index (χ0n) is 12.4. The fraction of sp³-hybridized carbons (Fsp3) is 0.625. The molecule has 0 spiro atoms. The van der Waals surface area contributed by atoms with Crippen LogP contribution in [-0.2, 0) is 0 Å². The van der Waals surface area contributed by atoms with Crippen LogP contribution in [0, 0.1) is 11.8 Å². The minimum atomic E-state index is 0.557. The molecule has 3 nitrogen and oxygen atoms in total. The van der Waals surface area contributed by atoms with Gasteiger partial charge in [-0.2, -0.15) is 0 Å². The summed E-state index contributed by atoms with van der Waals surface area (Å²) in [4.78, 5) is 0. The molecule has 19 heavy (non-hydrogen) atoms. The Bertz CT molecular complexity index is 419. The number of anilines is 1. The van der Waals surface area contributed by atoms with E-state index in [9.17, 15) is 0 Å². The van der Waals surface area contributed by atoms with Crippen LogP contribution >= 0.6 is 0 Å². The molecule has 0 saturated heterocycles. The molecule has 0 aliphatic heterocycles. The van der Waals surface area contributed by atoms with E-state index in [0.29, 0.717) is 6.04 Å². The summed E-state index contributed by atoms with van der Waals surface area (Å²) in [5, 5.41) is 3.65. The van der Waals surface area contributed by atoms with Gasteiger partial charge in [-0.1, -0.05) is 20.3 Å². The van der Waals surface area contributed by atoms with Crippen LogP contribution in [0.5, 0.6) is 11.5 Å². The van der Waals surface area contributed by atoms with Gasteiger partial charge in [-0.25, -0.2) is 0 Å². The monoisotopic (exact) mass is 263 g/mol. The third-order valence-electron chi connectivity index (χ3n) is 4.19. The van der Waals surface area contributed by atoms with Crippen molar-refractivity contribution >= 4 is 5.69 Å². The number of nitrogens with one attached hydrogen (secondary N) is 1. The van der Waals surface area contributed by atoms with Crippen molar-refractivity contribution in [2.45, 2.75) is 39.2 Å². The smallest absolute Gasteiger partial charge is 0.162 e. The van der Waals surface area contributed by atoms with Gasteiger partial charge in [0.2, 0.25) is 0 Å². The quantitative estimate of drug-likeness (QED) is 0.892. The largest absolute Gasteiger partial charge is 0.493 e. The average molecular weight is 263 g/mol. The molecule has 0 amide bonds. The molecule has 1 aromatic rings. The van der Waals surface area contributed by atoms with E-state index in [-0.39, 0.29) is 0 Å². The van der Waals surface area contributed by atoms with Crippen LogP contribution in [0.2, 0.25) is 0 Å². The van der Waals surface area contributed by atoms with Gasteiger partial charge in [0, 0.05) is 17.8 Å². The number of methoxy groups -OCH3 is 2. The van der Waals surface area contributed by atoms with Crippen LogP contribution in [0.15, 0.2) is 18.2 Å². The molecule has 3 unspecified atom stereocenters. The molecule has 1 aromatic carbocycles. The van der Waals surface area contributed by atoms with Crippen molar-refractivity contribution in [1.82, 2.24) is 0 Å². The number of hydrogen-bond acceptors (Lipinski definition) is 3. The van der Waals surface area contributed by atoms with E-state index >= 15 is 0 Å². The Hall–Kier alpha value is -1.38. The van der Waals surface area contributed by atoms with E-state index < -0.39 is 0 Å². The van der Waals surface area contributed by atoms with Gasteiger partial charge in [0.15, 0.2) is 11.5 Å². The van der Waals surface area contributed by atoms with Crippen molar-refractivity contribution in [3.63, 3.8) is 0 Å². The highest BCUT2D eigenvalue weighted by atomic mass is 16.5. The van der Waals surface area contributed by atoms with E-state index in [4.69, 9.17) is 9.47 Å². The summed E-state index contributed by atoms with van der Waals surface area (Å²) >= 11 is 0. The first-order valence-corrected chi connectivity index (χ1v) is 7.12. The second kappa shape index (κ2) is 6.18. The second-order valence-corrected chi connectivity index (χ2v) is 5.72. The van der Waals surface area contributed by atoms with Gasteiger partial charge in [0.25, 0.3) is 0 Å². The lowest BCUT2D eigenvalue weighted by atomic mass is 9.80. The van der Waals surface area contributed by atoms with Crippen LogP contribution in [0.3, 0.4) is 0 Å². The molecule has 1 saturated carbocycles. The summed E-state index contributed by atoms with van der Waals surface area (Å²) in [5.74, 6) is 3.10. The highest BCUT2D eigenvalue weighted by Gasteiger charge is 2.25. The van der Waals surface area contributed by atoms with Crippen LogP contribution in [-0.4, -0.2) is 20.3 Å². The first-order chi connectivity index (χ1) is 9.13. The minimum absolute atomic E-state index is 0.557.